The largest absolute Gasteiger partial charge is 0.468 e. The molecule has 0 radical (unpaired) electrons. The van der Waals surface area contributed by atoms with Gasteiger partial charge in [-0.2, -0.15) is 0 Å². The van der Waals surface area contributed by atoms with Gasteiger partial charge in [0.1, 0.15) is 12.1 Å². The first kappa shape index (κ1) is 17.1. The van der Waals surface area contributed by atoms with Crippen LogP contribution in [0.25, 0.3) is 11.0 Å². The third-order valence-corrected chi connectivity index (χ3v) is 3.88. The Morgan fingerprint density at radius 3 is 2.57 bits per heavy atom. The van der Waals surface area contributed by atoms with E-state index in [0.29, 0.717) is 0 Å². The molecule has 5 nitrogen and oxygen atoms in total. The lowest BCUT2D eigenvalue weighted by Gasteiger charge is -2.19. The van der Waals surface area contributed by atoms with Crippen molar-refractivity contribution in [1.29, 1.82) is 0 Å². The molecule has 0 unspecified atom stereocenters. The Hall–Kier alpha value is -2.30. The van der Waals surface area contributed by atoms with Crippen LogP contribution in [0.1, 0.15) is 31.9 Å². The Balaban J connectivity index is 2.23. The normalized spacial score (nSPS) is 11.5. The van der Waals surface area contributed by atoms with Gasteiger partial charge >= 0.3 is 5.97 Å². The first-order chi connectivity index (χ1) is 10.7. The zero-order valence-electron chi connectivity index (χ0n) is 14.3. The minimum atomic E-state index is -0.437. The van der Waals surface area contributed by atoms with Crippen molar-refractivity contribution < 1.29 is 18.7 Å². The Morgan fingerprint density at radius 2 is 1.96 bits per heavy atom. The fourth-order valence-corrected chi connectivity index (χ4v) is 2.33. The maximum Gasteiger partial charge on any atom is 0.325 e. The number of methoxy groups -OCH3 is 1. The zero-order valence-corrected chi connectivity index (χ0v) is 14.3. The van der Waals surface area contributed by atoms with E-state index >= 15 is 0 Å². The second-order valence-electron chi connectivity index (χ2n) is 6.72. The molecule has 2 aromatic rings. The molecule has 0 aliphatic rings. The van der Waals surface area contributed by atoms with E-state index in [1.807, 2.05) is 12.1 Å². The monoisotopic (exact) mass is 317 g/mol. The Kier molecular flexibility index (Phi) is 4.78. The first-order valence-electron chi connectivity index (χ1n) is 7.53. The number of hydrogen-bond donors (Lipinski definition) is 0. The topological polar surface area (TPSA) is 59.8 Å². The molecule has 1 amide bonds. The van der Waals surface area contributed by atoms with Crippen LogP contribution in [0.4, 0.5) is 0 Å². The van der Waals surface area contributed by atoms with Gasteiger partial charge in [0.25, 0.3) is 0 Å². The summed E-state index contributed by atoms with van der Waals surface area (Å²) in [6.07, 6.45) is 1.80. The molecule has 0 spiro atoms. The molecule has 0 saturated carbocycles. The Morgan fingerprint density at radius 1 is 1.26 bits per heavy atom. The highest BCUT2D eigenvalue weighted by molar-refractivity contribution is 5.89. The average molecular weight is 317 g/mol. The van der Waals surface area contributed by atoms with Crippen LogP contribution < -0.4 is 0 Å². The number of furan rings is 1. The van der Waals surface area contributed by atoms with Crippen molar-refractivity contribution in [3.8, 4) is 0 Å². The van der Waals surface area contributed by atoms with Gasteiger partial charge in [0.15, 0.2) is 0 Å². The molecule has 2 rings (SSSR count). The highest BCUT2D eigenvalue weighted by atomic mass is 16.5. The minimum Gasteiger partial charge on any atom is -0.468 e. The standard InChI is InChI=1S/C18H23NO4/c1-18(2,3)13-6-7-15-14(9-13)12(11-23-15)8-16(20)19(4)10-17(21)22-5/h6-7,9,11H,8,10H2,1-5H3. The summed E-state index contributed by atoms with van der Waals surface area (Å²) in [4.78, 5) is 24.9. The second-order valence-corrected chi connectivity index (χ2v) is 6.72. The Bertz CT molecular complexity index is 724. The summed E-state index contributed by atoms with van der Waals surface area (Å²) in [7, 11) is 2.89. The predicted molar refractivity (Wildman–Crippen MR) is 88.3 cm³/mol. The molecule has 0 aliphatic carbocycles. The van der Waals surface area contributed by atoms with E-state index in [1.54, 1.807) is 13.3 Å². The van der Waals surface area contributed by atoms with Crippen molar-refractivity contribution in [3.63, 3.8) is 0 Å². The van der Waals surface area contributed by atoms with Gasteiger partial charge in [-0.25, -0.2) is 0 Å². The number of fused-ring (bicyclic) bond motifs is 1. The van der Waals surface area contributed by atoms with E-state index < -0.39 is 5.97 Å². The van der Waals surface area contributed by atoms with E-state index in [4.69, 9.17) is 4.42 Å². The SMILES string of the molecule is COC(=O)CN(C)C(=O)Cc1coc2ccc(C(C)(C)C)cc12. The van der Waals surface area contributed by atoms with Gasteiger partial charge in [0.2, 0.25) is 5.91 Å². The van der Waals surface area contributed by atoms with Crippen LogP contribution in [-0.2, 0) is 26.2 Å². The molecule has 1 aromatic heterocycles. The highest BCUT2D eigenvalue weighted by Crippen LogP contribution is 2.29. The summed E-state index contributed by atoms with van der Waals surface area (Å²) >= 11 is 0. The van der Waals surface area contributed by atoms with Crippen LogP contribution in [0.15, 0.2) is 28.9 Å². The number of benzene rings is 1. The lowest BCUT2D eigenvalue weighted by atomic mass is 9.86. The third-order valence-electron chi connectivity index (χ3n) is 3.88. The minimum absolute atomic E-state index is 0.0222. The number of amides is 1. The lowest BCUT2D eigenvalue weighted by molar-refractivity contribution is -0.145. The van der Waals surface area contributed by atoms with Crippen molar-refractivity contribution >= 4 is 22.8 Å². The number of carbonyl (C=O) groups is 2. The van der Waals surface area contributed by atoms with E-state index in [9.17, 15) is 9.59 Å². The predicted octanol–water partition coefficient (Wildman–Crippen LogP) is 2.90. The number of nitrogens with zero attached hydrogens (tertiary/aromatic N) is 1. The Labute approximate surface area is 136 Å². The van der Waals surface area contributed by atoms with Gasteiger partial charge in [-0.05, 0) is 23.1 Å². The highest BCUT2D eigenvalue weighted by Gasteiger charge is 2.19. The molecule has 5 heteroatoms. The van der Waals surface area contributed by atoms with E-state index in [-0.39, 0.29) is 24.3 Å². The molecule has 0 bridgehead atoms. The molecule has 1 heterocycles. The van der Waals surface area contributed by atoms with E-state index in [1.165, 1.54) is 17.6 Å². The van der Waals surface area contributed by atoms with Crippen LogP contribution in [0, 0.1) is 0 Å². The van der Waals surface area contributed by atoms with Gasteiger partial charge < -0.3 is 14.1 Å². The van der Waals surface area contributed by atoms with Crippen molar-refractivity contribution in [2.24, 2.45) is 0 Å². The van der Waals surface area contributed by atoms with Crippen LogP contribution in [0.3, 0.4) is 0 Å². The maximum absolute atomic E-state index is 12.3. The van der Waals surface area contributed by atoms with Gasteiger partial charge in [-0.3, -0.25) is 9.59 Å². The van der Waals surface area contributed by atoms with Crippen LogP contribution in [0.5, 0.6) is 0 Å². The van der Waals surface area contributed by atoms with Crippen LogP contribution >= 0.6 is 0 Å². The maximum atomic E-state index is 12.3. The molecule has 124 valence electrons. The van der Waals surface area contributed by atoms with E-state index in [0.717, 1.165) is 16.5 Å². The number of ether oxygens (including phenoxy) is 1. The number of carbonyl (C=O) groups excluding carboxylic acids is 2. The number of rotatable bonds is 4. The van der Waals surface area contributed by atoms with Gasteiger partial charge in [-0.1, -0.05) is 26.8 Å². The van der Waals surface area contributed by atoms with Crippen molar-refractivity contribution in [3.05, 3.63) is 35.6 Å². The van der Waals surface area contributed by atoms with Gasteiger partial charge in [0.05, 0.1) is 19.8 Å². The summed E-state index contributed by atoms with van der Waals surface area (Å²) in [6, 6.07) is 6.05. The molecule has 1 aromatic carbocycles. The molecular formula is C18H23NO4. The van der Waals surface area contributed by atoms with Crippen molar-refractivity contribution in [2.75, 3.05) is 20.7 Å². The second kappa shape index (κ2) is 6.44. The fraction of sp³-hybridized carbons (Fsp3) is 0.444. The van der Waals surface area contributed by atoms with Crippen LogP contribution in [-0.4, -0.2) is 37.5 Å². The zero-order chi connectivity index (χ0) is 17.2. The summed E-state index contributed by atoms with van der Waals surface area (Å²) < 4.78 is 10.1. The number of hydrogen-bond acceptors (Lipinski definition) is 4. The van der Waals surface area contributed by atoms with Gasteiger partial charge in [-0.15, -0.1) is 0 Å². The first-order valence-corrected chi connectivity index (χ1v) is 7.53. The molecule has 0 N–H and O–H groups in total. The summed E-state index contributed by atoms with van der Waals surface area (Å²) in [5, 5.41) is 0.942. The van der Waals surface area contributed by atoms with Crippen molar-refractivity contribution in [1.82, 2.24) is 4.90 Å². The molecular weight excluding hydrogens is 294 g/mol. The van der Waals surface area contributed by atoms with E-state index in [2.05, 4.69) is 31.6 Å². The number of esters is 1. The molecule has 0 atom stereocenters. The third kappa shape index (κ3) is 3.92. The summed E-state index contributed by atoms with van der Waals surface area (Å²) in [6.45, 7) is 6.37. The number of likely N-dealkylation sites (N-methyl/N-ethyl adjacent to an activating group) is 1. The quantitative estimate of drug-likeness (QED) is 0.814. The average Bonchev–Trinajstić information content (AvgIpc) is 2.88. The molecule has 0 fully saturated rings. The smallest absolute Gasteiger partial charge is 0.325 e. The molecule has 0 saturated heterocycles. The summed E-state index contributed by atoms with van der Waals surface area (Å²) in [5.41, 5.74) is 2.79. The fourth-order valence-electron chi connectivity index (χ4n) is 2.33. The summed E-state index contributed by atoms with van der Waals surface area (Å²) in [5.74, 6) is -0.591. The van der Waals surface area contributed by atoms with Gasteiger partial charge in [0, 0.05) is 18.0 Å². The lowest BCUT2D eigenvalue weighted by Crippen LogP contribution is -2.33. The van der Waals surface area contributed by atoms with Crippen molar-refractivity contribution in [2.45, 2.75) is 32.6 Å². The van der Waals surface area contributed by atoms with Crippen LogP contribution in [0.2, 0.25) is 0 Å². The molecule has 0 aliphatic heterocycles. The molecule has 23 heavy (non-hydrogen) atoms.